The van der Waals surface area contributed by atoms with Gasteiger partial charge in [-0.15, -0.1) is 0 Å². The molecule has 1 aliphatic rings. The number of para-hydroxylation sites is 1. The van der Waals surface area contributed by atoms with E-state index in [0.29, 0.717) is 5.56 Å². The zero-order valence-corrected chi connectivity index (χ0v) is 15.1. The molecule has 1 amide bonds. The smallest absolute Gasteiger partial charge is 0.269 e. The van der Waals surface area contributed by atoms with Crippen LogP contribution in [0.5, 0.6) is 0 Å². The average molecular weight is 380 g/mol. The molecule has 0 aromatic heterocycles. The van der Waals surface area contributed by atoms with Gasteiger partial charge in [-0.05, 0) is 43.2 Å². The molecule has 0 bridgehead atoms. The number of rotatable bonds is 3. The number of nitrogens with zero attached hydrogens (tertiary/aromatic N) is 1. The summed E-state index contributed by atoms with van der Waals surface area (Å²) in [6, 6.07) is 12.7. The van der Waals surface area contributed by atoms with E-state index in [4.69, 9.17) is 21.5 Å². The summed E-state index contributed by atoms with van der Waals surface area (Å²) in [5.41, 5.74) is 5.44. The summed E-state index contributed by atoms with van der Waals surface area (Å²) in [6.45, 7) is 4.04. The number of carbonyl (C=O) groups is 2. The van der Waals surface area contributed by atoms with Gasteiger partial charge < -0.3 is 4.79 Å². The van der Waals surface area contributed by atoms with Crippen molar-refractivity contribution in [3.05, 3.63) is 58.6 Å². The molecule has 0 radical (unpaired) electrons. The van der Waals surface area contributed by atoms with E-state index in [0.717, 1.165) is 12.1 Å². The van der Waals surface area contributed by atoms with Crippen LogP contribution in [0.15, 0.2) is 47.4 Å². The summed E-state index contributed by atoms with van der Waals surface area (Å²) in [5, 5.41) is 7.51. The van der Waals surface area contributed by atoms with E-state index in [1.54, 1.807) is 6.07 Å². The average Bonchev–Trinajstić information content (AvgIpc) is 2.92. The van der Waals surface area contributed by atoms with Crippen molar-refractivity contribution in [2.75, 3.05) is 5.01 Å². The molecule has 8 heteroatoms. The Morgan fingerprint density at radius 1 is 1.32 bits per heavy atom. The van der Waals surface area contributed by atoms with Crippen LogP contribution in [0.4, 0.5) is 5.69 Å². The highest BCUT2D eigenvalue weighted by molar-refractivity contribution is 7.82. The molecule has 2 unspecified atom stereocenters. The SMILES string of the molecule is C=O.CC1Cc2ccccc2N1NC(=O)c1ccc(Cl)c(S(N)=O)c1. The largest absolute Gasteiger partial charge is 0.307 e. The van der Waals surface area contributed by atoms with Crippen molar-refractivity contribution in [2.24, 2.45) is 5.14 Å². The first kappa shape index (κ1) is 19.1. The van der Waals surface area contributed by atoms with Crippen molar-refractivity contribution in [3.63, 3.8) is 0 Å². The van der Waals surface area contributed by atoms with E-state index < -0.39 is 11.0 Å². The van der Waals surface area contributed by atoms with Crippen LogP contribution in [0.1, 0.15) is 22.8 Å². The number of anilines is 1. The van der Waals surface area contributed by atoms with Gasteiger partial charge in [-0.2, -0.15) is 0 Å². The second kappa shape index (κ2) is 8.24. The predicted octanol–water partition coefficient (Wildman–Crippen LogP) is 2.23. The van der Waals surface area contributed by atoms with Crippen LogP contribution < -0.4 is 15.6 Å². The summed E-state index contributed by atoms with van der Waals surface area (Å²) in [5.74, 6) is -0.295. The number of halogens is 1. The third kappa shape index (κ3) is 4.07. The van der Waals surface area contributed by atoms with E-state index in [-0.39, 0.29) is 21.9 Å². The molecule has 2 aromatic rings. The molecule has 6 nitrogen and oxygen atoms in total. The summed E-state index contributed by atoms with van der Waals surface area (Å²) in [7, 11) is -1.74. The van der Waals surface area contributed by atoms with Crippen LogP contribution in [0, 0.1) is 0 Å². The Balaban J connectivity index is 0.00000109. The summed E-state index contributed by atoms with van der Waals surface area (Å²) in [6.07, 6.45) is 0.870. The maximum absolute atomic E-state index is 12.5. The molecule has 3 rings (SSSR count). The van der Waals surface area contributed by atoms with Gasteiger partial charge in [0.25, 0.3) is 5.91 Å². The minimum atomic E-state index is -1.74. The molecule has 0 saturated carbocycles. The monoisotopic (exact) mass is 379 g/mol. The molecule has 3 N–H and O–H groups in total. The van der Waals surface area contributed by atoms with Crippen molar-refractivity contribution >= 4 is 41.0 Å². The summed E-state index contributed by atoms with van der Waals surface area (Å²) < 4.78 is 11.5. The van der Waals surface area contributed by atoms with Gasteiger partial charge in [0.15, 0.2) is 0 Å². The van der Waals surface area contributed by atoms with Crippen LogP contribution in [-0.4, -0.2) is 22.9 Å². The lowest BCUT2D eigenvalue weighted by Gasteiger charge is -2.25. The maximum atomic E-state index is 12.5. The molecule has 0 aliphatic carbocycles. The third-order valence-electron chi connectivity index (χ3n) is 3.84. The lowest BCUT2D eigenvalue weighted by atomic mass is 10.1. The molecule has 0 spiro atoms. The Bertz CT molecular complexity index is 815. The fourth-order valence-corrected chi connectivity index (χ4v) is 3.56. The summed E-state index contributed by atoms with van der Waals surface area (Å²) in [4.78, 5) is 20.8. The topological polar surface area (TPSA) is 92.5 Å². The van der Waals surface area contributed by atoms with Gasteiger partial charge in [-0.25, -0.2) is 9.35 Å². The van der Waals surface area contributed by atoms with Crippen molar-refractivity contribution < 1.29 is 13.8 Å². The molecule has 0 saturated heterocycles. The van der Waals surface area contributed by atoms with Crippen LogP contribution in [0.2, 0.25) is 5.02 Å². The van der Waals surface area contributed by atoms with Gasteiger partial charge in [-0.3, -0.25) is 15.2 Å². The van der Waals surface area contributed by atoms with Gasteiger partial charge in [0.05, 0.1) is 21.6 Å². The Morgan fingerprint density at radius 3 is 2.68 bits per heavy atom. The minimum Gasteiger partial charge on any atom is -0.307 e. The van der Waals surface area contributed by atoms with Crippen molar-refractivity contribution in [1.82, 2.24) is 5.43 Å². The van der Waals surface area contributed by atoms with Gasteiger partial charge in [-0.1, -0.05) is 29.8 Å². The Hall–Kier alpha value is -2.22. The predicted molar refractivity (Wildman–Crippen MR) is 98.7 cm³/mol. The molecule has 1 heterocycles. The molecule has 25 heavy (non-hydrogen) atoms. The molecular weight excluding hydrogens is 362 g/mol. The lowest BCUT2D eigenvalue weighted by Crippen LogP contribution is -2.45. The number of amides is 1. The highest BCUT2D eigenvalue weighted by Gasteiger charge is 2.27. The Labute approximate surface area is 153 Å². The zero-order valence-electron chi connectivity index (χ0n) is 13.6. The number of hydrogen-bond acceptors (Lipinski definition) is 4. The fraction of sp³-hybridized carbons (Fsp3) is 0.176. The molecule has 1 aliphatic heterocycles. The van der Waals surface area contributed by atoms with Crippen LogP contribution in [-0.2, 0) is 22.2 Å². The van der Waals surface area contributed by atoms with Gasteiger partial charge in [0, 0.05) is 5.56 Å². The van der Waals surface area contributed by atoms with E-state index in [1.807, 2.05) is 36.9 Å². The first-order valence-corrected chi connectivity index (χ1v) is 8.99. The first-order valence-electron chi connectivity index (χ1n) is 7.40. The molecule has 132 valence electrons. The second-order valence-electron chi connectivity index (χ2n) is 5.44. The number of carbonyl (C=O) groups excluding carboxylic acids is 2. The molecular formula is C17H18ClN3O3S. The number of benzene rings is 2. The lowest BCUT2D eigenvalue weighted by molar-refractivity contribution is -0.0980. The highest BCUT2D eigenvalue weighted by Crippen LogP contribution is 2.30. The Kier molecular flexibility index (Phi) is 6.30. The third-order valence-corrected chi connectivity index (χ3v) is 5.05. The van der Waals surface area contributed by atoms with Gasteiger partial charge >= 0.3 is 0 Å². The maximum Gasteiger partial charge on any atom is 0.269 e. The minimum absolute atomic E-state index is 0.159. The zero-order chi connectivity index (χ0) is 18.6. The van der Waals surface area contributed by atoms with Crippen LogP contribution >= 0.6 is 11.6 Å². The van der Waals surface area contributed by atoms with Crippen molar-refractivity contribution in [1.29, 1.82) is 0 Å². The van der Waals surface area contributed by atoms with E-state index in [9.17, 15) is 9.00 Å². The van der Waals surface area contributed by atoms with Crippen molar-refractivity contribution in [3.8, 4) is 0 Å². The van der Waals surface area contributed by atoms with Crippen LogP contribution in [0.25, 0.3) is 0 Å². The first-order chi connectivity index (χ1) is 12.0. The normalized spacial score (nSPS) is 16.4. The second-order valence-corrected chi connectivity index (χ2v) is 6.88. The number of hydrogen-bond donors (Lipinski definition) is 2. The molecule has 0 fully saturated rings. The van der Waals surface area contributed by atoms with Crippen LogP contribution in [0.3, 0.4) is 0 Å². The molecule has 2 atom stereocenters. The summed E-state index contributed by atoms with van der Waals surface area (Å²) >= 11 is 5.94. The van der Waals surface area contributed by atoms with E-state index in [1.165, 1.54) is 17.7 Å². The number of nitrogens with two attached hydrogens (primary N) is 1. The van der Waals surface area contributed by atoms with Gasteiger partial charge in [0.2, 0.25) is 0 Å². The number of hydrazine groups is 1. The number of fused-ring (bicyclic) bond motifs is 1. The fourth-order valence-electron chi connectivity index (χ4n) is 2.71. The highest BCUT2D eigenvalue weighted by atomic mass is 35.5. The standard InChI is InChI=1S/C16H16ClN3O2S.CH2O/c1-10-8-11-4-2-3-5-14(11)20(10)19-16(21)12-6-7-13(17)15(9-12)23(18)22;1-2/h2-7,9-10H,8,18H2,1H3,(H,19,21);1H2. The van der Waals surface area contributed by atoms with E-state index in [2.05, 4.69) is 11.5 Å². The van der Waals surface area contributed by atoms with Gasteiger partial charge in [0.1, 0.15) is 17.8 Å². The number of nitrogens with one attached hydrogen (secondary N) is 1. The van der Waals surface area contributed by atoms with Crippen molar-refractivity contribution in [2.45, 2.75) is 24.3 Å². The quantitative estimate of drug-likeness (QED) is 0.855. The molecule has 2 aromatic carbocycles. The Morgan fingerprint density at radius 2 is 2.00 bits per heavy atom. The van der Waals surface area contributed by atoms with E-state index >= 15 is 0 Å².